The Morgan fingerprint density at radius 2 is 2.00 bits per heavy atom. The number of rotatable bonds is 2. The fourth-order valence-corrected chi connectivity index (χ4v) is 3.07. The van der Waals surface area contributed by atoms with Crippen molar-refractivity contribution in [3.05, 3.63) is 35.9 Å². The van der Waals surface area contributed by atoms with Gasteiger partial charge in [-0.25, -0.2) is 0 Å². The van der Waals surface area contributed by atoms with Crippen molar-refractivity contribution < 1.29 is 5.11 Å². The largest absolute Gasteiger partial charge is 0.391 e. The van der Waals surface area contributed by atoms with E-state index in [1.165, 1.54) is 18.4 Å². The van der Waals surface area contributed by atoms with Crippen molar-refractivity contribution in [3.63, 3.8) is 0 Å². The van der Waals surface area contributed by atoms with Gasteiger partial charge >= 0.3 is 0 Å². The average molecular weight is 203 g/mol. The smallest absolute Gasteiger partial charge is 0.0735 e. The molecular weight excluding hydrogens is 186 g/mol. The van der Waals surface area contributed by atoms with Crippen LogP contribution in [-0.4, -0.2) is 28.7 Å². The second-order valence-corrected chi connectivity index (χ2v) is 4.81. The van der Waals surface area contributed by atoms with Gasteiger partial charge in [0.1, 0.15) is 0 Å². The summed E-state index contributed by atoms with van der Waals surface area (Å²) in [5.74, 6) is 0.540. The minimum absolute atomic E-state index is 0.0614. The van der Waals surface area contributed by atoms with Gasteiger partial charge in [-0.05, 0) is 24.3 Å². The molecule has 80 valence electrons. The van der Waals surface area contributed by atoms with Crippen LogP contribution in [0.3, 0.4) is 0 Å². The molecule has 3 rings (SSSR count). The average Bonchev–Trinajstić information content (AvgIpc) is 2.75. The van der Waals surface area contributed by atoms with Gasteiger partial charge in [0.15, 0.2) is 0 Å². The van der Waals surface area contributed by atoms with Crippen molar-refractivity contribution in [2.75, 3.05) is 6.54 Å². The zero-order valence-corrected chi connectivity index (χ0v) is 8.84. The molecule has 0 aromatic heterocycles. The fourth-order valence-electron chi connectivity index (χ4n) is 3.07. The van der Waals surface area contributed by atoms with Crippen LogP contribution < -0.4 is 0 Å². The maximum absolute atomic E-state index is 9.94. The van der Waals surface area contributed by atoms with Gasteiger partial charge in [-0.3, -0.25) is 4.90 Å². The molecule has 2 bridgehead atoms. The standard InChI is InChI=1S/C13H17NO/c15-13-11-6-7-12(13)14(9-11)8-10-4-2-1-3-5-10/h1-5,11-13,15H,6-9H2/t11-,12+,13+/m0/s1. The van der Waals surface area contributed by atoms with Gasteiger partial charge < -0.3 is 5.11 Å². The van der Waals surface area contributed by atoms with Crippen LogP contribution in [0, 0.1) is 5.92 Å². The predicted octanol–water partition coefficient (Wildman–Crippen LogP) is 1.64. The highest BCUT2D eigenvalue weighted by molar-refractivity contribution is 5.15. The number of aliphatic hydroxyl groups excluding tert-OH is 1. The molecule has 1 heterocycles. The van der Waals surface area contributed by atoms with E-state index in [4.69, 9.17) is 0 Å². The summed E-state index contributed by atoms with van der Waals surface area (Å²) in [6.45, 7) is 2.08. The van der Waals surface area contributed by atoms with E-state index < -0.39 is 0 Å². The topological polar surface area (TPSA) is 23.5 Å². The Balaban J connectivity index is 1.71. The van der Waals surface area contributed by atoms with E-state index in [1.807, 2.05) is 0 Å². The van der Waals surface area contributed by atoms with Crippen LogP contribution in [0.15, 0.2) is 30.3 Å². The van der Waals surface area contributed by atoms with E-state index in [-0.39, 0.29) is 6.10 Å². The lowest BCUT2D eigenvalue weighted by atomic mass is 10.1. The Morgan fingerprint density at radius 3 is 2.60 bits per heavy atom. The van der Waals surface area contributed by atoms with Crippen LogP contribution in [0.1, 0.15) is 18.4 Å². The first-order valence-corrected chi connectivity index (χ1v) is 5.80. The highest BCUT2D eigenvalue weighted by Gasteiger charge is 2.45. The third-order valence-corrected chi connectivity index (χ3v) is 3.88. The second kappa shape index (κ2) is 3.62. The van der Waals surface area contributed by atoms with Gasteiger partial charge in [-0.1, -0.05) is 30.3 Å². The number of benzene rings is 1. The molecule has 1 saturated carbocycles. The minimum Gasteiger partial charge on any atom is -0.391 e. The van der Waals surface area contributed by atoms with Crippen LogP contribution in [0.4, 0.5) is 0 Å². The maximum atomic E-state index is 9.94. The molecule has 1 aliphatic carbocycles. The minimum atomic E-state index is -0.0614. The summed E-state index contributed by atoms with van der Waals surface area (Å²) < 4.78 is 0. The van der Waals surface area contributed by atoms with Crippen LogP contribution in [-0.2, 0) is 6.54 Å². The van der Waals surface area contributed by atoms with E-state index >= 15 is 0 Å². The van der Waals surface area contributed by atoms with Crippen LogP contribution in [0.2, 0.25) is 0 Å². The Bertz CT molecular complexity index is 338. The van der Waals surface area contributed by atoms with Crippen LogP contribution in [0.5, 0.6) is 0 Å². The van der Waals surface area contributed by atoms with Crippen LogP contribution in [0.25, 0.3) is 0 Å². The summed E-state index contributed by atoms with van der Waals surface area (Å²) in [6.07, 6.45) is 2.34. The number of hydrogen-bond acceptors (Lipinski definition) is 2. The molecular formula is C13H17NO. The molecule has 1 N–H and O–H groups in total. The van der Waals surface area contributed by atoms with E-state index in [1.54, 1.807) is 0 Å². The van der Waals surface area contributed by atoms with Crippen molar-refractivity contribution in [1.29, 1.82) is 0 Å². The van der Waals surface area contributed by atoms with E-state index in [9.17, 15) is 5.11 Å². The molecule has 0 amide bonds. The molecule has 3 atom stereocenters. The normalized spacial score (nSPS) is 34.9. The number of hydrogen-bond donors (Lipinski definition) is 1. The third-order valence-electron chi connectivity index (χ3n) is 3.88. The molecule has 1 aromatic rings. The summed E-state index contributed by atoms with van der Waals surface area (Å²) >= 11 is 0. The lowest BCUT2D eigenvalue weighted by Gasteiger charge is -2.26. The van der Waals surface area contributed by atoms with Crippen molar-refractivity contribution in [2.24, 2.45) is 5.92 Å². The third kappa shape index (κ3) is 1.58. The number of aliphatic hydroxyl groups is 1. The summed E-state index contributed by atoms with van der Waals surface area (Å²) in [7, 11) is 0. The summed E-state index contributed by atoms with van der Waals surface area (Å²) in [6, 6.07) is 11.0. The van der Waals surface area contributed by atoms with Gasteiger partial charge in [0.25, 0.3) is 0 Å². The van der Waals surface area contributed by atoms with Crippen molar-refractivity contribution >= 4 is 0 Å². The van der Waals surface area contributed by atoms with Crippen LogP contribution >= 0.6 is 0 Å². The van der Waals surface area contributed by atoms with E-state index in [0.717, 1.165) is 13.1 Å². The van der Waals surface area contributed by atoms with E-state index in [2.05, 4.69) is 35.2 Å². The zero-order valence-electron chi connectivity index (χ0n) is 8.84. The Hall–Kier alpha value is -0.860. The summed E-state index contributed by atoms with van der Waals surface area (Å²) in [4.78, 5) is 2.44. The molecule has 0 spiro atoms. The van der Waals surface area contributed by atoms with E-state index in [0.29, 0.717) is 12.0 Å². The maximum Gasteiger partial charge on any atom is 0.0735 e. The molecule has 2 aliphatic rings. The highest BCUT2D eigenvalue weighted by Crippen LogP contribution is 2.38. The molecule has 0 unspecified atom stereocenters. The van der Waals surface area contributed by atoms with Gasteiger partial charge in [-0.2, -0.15) is 0 Å². The lowest BCUT2D eigenvalue weighted by Crippen LogP contribution is -2.33. The van der Waals surface area contributed by atoms with Gasteiger partial charge in [0, 0.05) is 19.1 Å². The molecule has 0 radical (unpaired) electrons. The van der Waals surface area contributed by atoms with Gasteiger partial charge in [0.2, 0.25) is 0 Å². The Labute approximate surface area is 90.5 Å². The van der Waals surface area contributed by atoms with Gasteiger partial charge in [0.05, 0.1) is 6.10 Å². The van der Waals surface area contributed by atoms with Crippen molar-refractivity contribution in [1.82, 2.24) is 4.90 Å². The number of piperidine rings is 1. The highest BCUT2D eigenvalue weighted by atomic mass is 16.3. The Kier molecular flexibility index (Phi) is 2.26. The van der Waals surface area contributed by atoms with Crippen molar-refractivity contribution in [2.45, 2.75) is 31.5 Å². The summed E-state index contributed by atoms with van der Waals surface area (Å²) in [5, 5.41) is 9.94. The first-order valence-electron chi connectivity index (χ1n) is 5.80. The monoisotopic (exact) mass is 203 g/mol. The molecule has 2 fully saturated rings. The van der Waals surface area contributed by atoms with Gasteiger partial charge in [-0.15, -0.1) is 0 Å². The second-order valence-electron chi connectivity index (χ2n) is 4.81. The number of nitrogens with zero attached hydrogens (tertiary/aromatic N) is 1. The molecule has 1 aliphatic heterocycles. The number of fused-ring (bicyclic) bond motifs is 2. The SMILES string of the molecule is O[C@@H]1[C@H]2CC[C@H]1N(Cc1ccccc1)C2. The fraction of sp³-hybridized carbons (Fsp3) is 0.538. The quantitative estimate of drug-likeness (QED) is 0.790. The van der Waals surface area contributed by atoms with Crippen molar-refractivity contribution in [3.8, 4) is 0 Å². The predicted molar refractivity (Wildman–Crippen MR) is 59.4 cm³/mol. The number of likely N-dealkylation sites (tertiary alicyclic amines) is 1. The zero-order chi connectivity index (χ0) is 10.3. The molecule has 15 heavy (non-hydrogen) atoms. The Morgan fingerprint density at radius 1 is 1.20 bits per heavy atom. The molecule has 2 heteroatoms. The molecule has 1 aromatic carbocycles. The molecule has 2 nitrogen and oxygen atoms in total. The first-order chi connectivity index (χ1) is 7.34. The first kappa shape index (κ1) is 9.37. The lowest BCUT2D eigenvalue weighted by molar-refractivity contribution is 0.121. The molecule has 1 saturated heterocycles. The summed E-state index contributed by atoms with van der Waals surface area (Å²) in [5.41, 5.74) is 1.36.